The van der Waals surface area contributed by atoms with Crippen molar-refractivity contribution >= 4 is 21.9 Å². The van der Waals surface area contributed by atoms with Gasteiger partial charge in [-0.15, -0.1) is 0 Å². The van der Waals surface area contributed by atoms with E-state index >= 15 is 0 Å². The van der Waals surface area contributed by atoms with Gasteiger partial charge < -0.3 is 14.8 Å². The highest BCUT2D eigenvalue weighted by atomic mass is 79.9. The van der Waals surface area contributed by atoms with Crippen molar-refractivity contribution in [1.29, 1.82) is 0 Å². The summed E-state index contributed by atoms with van der Waals surface area (Å²) < 4.78 is 10.7. The average Bonchev–Trinajstić information content (AvgIpc) is 2.35. The van der Waals surface area contributed by atoms with E-state index in [0.29, 0.717) is 6.42 Å². The molecule has 17 heavy (non-hydrogen) atoms. The molecule has 0 aliphatic heterocycles. The van der Waals surface area contributed by atoms with Crippen molar-refractivity contribution in [2.24, 2.45) is 0 Å². The molecular weight excluding hydrogens is 286 g/mol. The lowest BCUT2D eigenvalue weighted by molar-refractivity contribution is -0.141. The van der Waals surface area contributed by atoms with E-state index in [1.165, 1.54) is 7.11 Å². The van der Waals surface area contributed by atoms with Gasteiger partial charge in [-0.2, -0.15) is 0 Å². The maximum atomic E-state index is 11.3. The molecule has 5 heteroatoms. The highest BCUT2D eigenvalue weighted by molar-refractivity contribution is 9.10. The highest BCUT2D eigenvalue weighted by Gasteiger charge is 2.15. The summed E-state index contributed by atoms with van der Waals surface area (Å²) in [5.41, 5.74) is 1.01. The van der Waals surface area contributed by atoms with Crippen LogP contribution in [0.1, 0.15) is 18.0 Å². The highest BCUT2D eigenvalue weighted by Crippen LogP contribution is 2.29. The molecule has 0 spiro atoms. The number of carbonyl (C=O) groups excluding carboxylic acids is 1. The Labute approximate surface area is 109 Å². The Morgan fingerprint density at radius 1 is 1.47 bits per heavy atom. The van der Waals surface area contributed by atoms with Crippen molar-refractivity contribution < 1.29 is 14.3 Å². The van der Waals surface area contributed by atoms with E-state index in [1.807, 2.05) is 25.2 Å². The molecule has 0 bridgehead atoms. The molecule has 1 aromatic rings. The van der Waals surface area contributed by atoms with Gasteiger partial charge in [-0.05, 0) is 40.7 Å². The van der Waals surface area contributed by atoms with Gasteiger partial charge in [0.1, 0.15) is 5.75 Å². The zero-order valence-corrected chi connectivity index (χ0v) is 11.7. The molecule has 0 amide bonds. The van der Waals surface area contributed by atoms with E-state index in [0.717, 1.165) is 15.8 Å². The van der Waals surface area contributed by atoms with E-state index in [2.05, 4.69) is 26.0 Å². The summed E-state index contributed by atoms with van der Waals surface area (Å²) in [6, 6.07) is 5.65. The van der Waals surface area contributed by atoms with Crippen LogP contribution in [0.2, 0.25) is 0 Å². The molecule has 0 heterocycles. The fourth-order valence-corrected chi connectivity index (χ4v) is 2.09. The molecule has 0 saturated carbocycles. The van der Waals surface area contributed by atoms with Gasteiger partial charge in [-0.3, -0.25) is 4.79 Å². The van der Waals surface area contributed by atoms with E-state index in [9.17, 15) is 4.79 Å². The molecule has 1 atom stereocenters. The second-order valence-corrected chi connectivity index (χ2v) is 4.37. The molecule has 1 aromatic carbocycles. The van der Waals surface area contributed by atoms with E-state index in [4.69, 9.17) is 4.74 Å². The Morgan fingerprint density at radius 3 is 2.65 bits per heavy atom. The molecule has 0 saturated heterocycles. The van der Waals surface area contributed by atoms with Crippen molar-refractivity contribution in [2.75, 3.05) is 21.3 Å². The van der Waals surface area contributed by atoms with Gasteiger partial charge in [0.2, 0.25) is 0 Å². The normalized spacial score (nSPS) is 12.0. The number of hydrogen-bond donors (Lipinski definition) is 1. The number of methoxy groups -OCH3 is 2. The lowest BCUT2D eigenvalue weighted by atomic mass is 10.0. The summed E-state index contributed by atoms with van der Waals surface area (Å²) in [5.74, 6) is 0.526. The quantitative estimate of drug-likeness (QED) is 0.848. The number of esters is 1. The number of rotatable bonds is 5. The van der Waals surface area contributed by atoms with Crippen molar-refractivity contribution in [3.63, 3.8) is 0 Å². The van der Waals surface area contributed by atoms with Crippen LogP contribution in [0.15, 0.2) is 22.7 Å². The van der Waals surface area contributed by atoms with Gasteiger partial charge in [0.05, 0.1) is 25.1 Å². The van der Waals surface area contributed by atoms with Crippen LogP contribution in [-0.2, 0) is 9.53 Å². The molecular formula is C12H16BrNO3. The van der Waals surface area contributed by atoms with Crippen molar-refractivity contribution in [3.05, 3.63) is 28.2 Å². The zero-order valence-electron chi connectivity index (χ0n) is 10.1. The molecule has 4 nitrogen and oxygen atoms in total. The third-order valence-electron chi connectivity index (χ3n) is 2.53. The van der Waals surface area contributed by atoms with Crippen LogP contribution in [0.25, 0.3) is 0 Å². The molecule has 0 aliphatic carbocycles. The summed E-state index contributed by atoms with van der Waals surface area (Å²) >= 11 is 3.42. The van der Waals surface area contributed by atoms with Crippen LogP contribution in [-0.4, -0.2) is 27.2 Å². The Balaban J connectivity index is 2.88. The first-order chi connectivity index (χ1) is 8.12. The maximum absolute atomic E-state index is 11.3. The maximum Gasteiger partial charge on any atom is 0.307 e. The molecule has 94 valence electrons. The fourth-order valence-electron chi connectivity index (χ4n) is 1.54. The predicted molar refractivity (Wildman–Crippen MR) is 69.1 cm³/mol. The summed E-state index contributed by atoms with van der Waals surface area (Å²) in [4.78, 5) is 11.3. The van der Waals surface area contributed by atoms with Crippen molar-refractivity contribution in [2.45, 2.75) is 12.5 Å². The van der Waals surface area contributed by atoms with Crippen LogP contribution >= 0.6 is 15.9 Å². The largest absolute Gasteiger partial charge is 0.496 e. The Hall–Kier alpha value is -1.07. The lowest BCUT2D eigenvalue weighted by Crippen LogP contribution is -2.20. The first-order valence-electron chi connectivity index (χ1n) is 5.20. The first-order valence-corrected chi connectivity index (χ1v) is 5.99. The molecule has 0 radical (unpaired) electrons. The van der Waals surface area contributed by atoms with Gasteiger partial charge in [0.15, 0.2) is 0 Å². The molecule has 0 aliphatic rings. The number of nitrogens with one attached hydrogen (secondary N) is 1. The second kappa shape index (κ2) is 6.61. The predicted octanol–water partition coefficient (Wildman–Crippen LogP) is 2.28. The second-order valence-electron chi connectivity index (χ2n) is 3.52. The Morgan fingerprint density at radius 2 is 2.18 bits per heavy atom. The Bertz CT molecular complexity index is 395. The minimum Gasteiger partial charge on any atom is -0.496 e. The van der Waals surface area contributed by atoms with Gasteiger partial charge in [0.25, 0.3) is 0 Å². The van der Waals surface area contributed by atoms with Crippen molar-refractivity contribution in [3.8, 4) is 5.75 Å². The van der Waals surface area contributed by atoms with Crippen LogP contribution in [0.4, 0.5) is 0 Å². The minimum absolute atomic E-state index is 0.0651. The summed E-state index contributed by atoms with van der Waals surface area (Å²) in [7, 11) is 4.81. The topological polar surface area (TPSA) is 47.6 Å². The van der Waals surface area contributed by atoms with E-state index in [1.54, 1.807) is 7.11 Å². The van der Waals surface area contributed by atoms with E-state index < -0.39 is 0 Å². The van der Waals surface area contributed by atoms with Crippen LogP contribution in [0.5, 0.6) is 5.75 Å². The number of hydrogen-bond acceptors (Lipinski definition) is 4. The standard InChI is InChI=1S/C12H16BrNO3/c1-14-10(7-12(15)17-3)8-4-5-11(16-2)9(13)6-8/h4-6,10,14H,7H2,1-3H3. The third kappa shape index (κ3) is 3.71. The van der Waals surface area contributed by atoms with E-state index in [-0.39, 0.29) is 12.0 Å². The lowest BCUT2D eigenvalue weighted by Gasteiger charge is -2.16. The average molecular weight is 302 g/mol. The Kier molecular flexibility index (Phi) is 5.44. The van der Waals surface area contributed by atoms with Gasteiger partial charge >= 0.3 is 5.97 Å². The molecule has 0 fully saturated rings. The van der Waals surface area contributed by atoms with Gasteiger partial charge in [-0.1, -0.05) is 6.07 Å². The SMILES string of the molecule is CNC(CC(=O)OC)c1ccc(OC)c(Br)c1. The minimum atomic E-state index is -0.240. The third-order valence-corrected chi connectivity index (χ3v) is 3.14. The number of benzene rings is 1. The molecule has 0 aromatic heterocycles. The van der Waals surface area contributed by atoms with Gasteiger partial charge in [0, 0.05) is 6.04 Å². The summed E-state index contributed by atoms with van der Waals surface area (Å²) in [5, 5.41) is 3.09. The molecule has 1 N–H and O–H groups in total. The smallest absolute Gasteiger partial charge is 0.307 e. The van der Waals surface area contributed by atoms with Gasteiger partial charge in [-0.25, -0.2) is 0 Å². The summed E-state index contributed by atoms with van der Waals surface area (Å²) in [6.07, 6.45) is 0.297. The van der Waals surface area contributed by atoms with Crippen LogP contribution in [0.3, 0.4) is 0 Å². The number of halogens is 1. The number of carbonyl (C=O) groups is 1. The monoisotopic (exact) mass is 301 g/mol. The molecule has 1 rings (SSSR count). The van der Waals surface area contributed by atoms with Crippen LogP contribution < -0.4 is 10.1 Å². The first kappa shape index (κ1) is 14.0. The number of ether oxygens (including phenoxy) is 2. The summed E-state index contributed by atoms with van der Waals surface area (Å²) in [6.45, 7) is 0. The fraction of sp³-hybridized carbons (Fsp3) is 0.417. The zero-order chi connectivity index (χ0) is 12.8. The van der Waals surface area contributed by atoms with Crippen molar-refractivity contribution in [1.82, 2.24) is 5.32 Å². The van der Waals surface area contributed by atoms with Crippen LogP contribution in [0, 0.1) is 0 Å². The molecule has 1 unspecified atom stereocenters.